The first-order valence-electron chi connectivity index (χ1n) is 55.4. The van der Waals surface area contributed by atoms with Crippen molar-refractivity contribution in [3.63, 3.8) is 0 Å². The Balaban J connectivity index is 0.000000224. The molecule has 0 saturated heterocycles. The highest BCUT2D eigenvalue weighted by atomic mass is 16.6. The fraction of sp³-hybridized carbons (Fsp3) is 0.614. The van der Waals surface area contributed by atoms with Crippen molar-refractivity contribution in [3.05, 3.63) is 248 Å². The van der Waals surface area contributed by atoms with E-state index < -0.39 is 5.60 Å². The zero-order valence-electron chi connectivity index (χ0n) is 92.2. The van der Waals surface area contributed by atoms with Crippen molar-refractivity contribution in [1.29, 1.82) is 0 Å². The molecule has 0 radical (unpaired) electrons. The number of hydrogen-bond acceptors (Lipinski definition) is 14. The zero-order valence-corrected chi connectivity index (χ0v) is 92.2. The van der Waals surface area contributed by atoms with Crippen molar-refractivity contribution in [1.82, 2.24) is 0 Å². The molecule has 7 unspecified atom stereocenters. The Morgan fingerprint density at radius 1 is 0.262 bits per heavy atom. The summed E-state index contributed by atoms with van der Waals surface area (Å²) in [6, 6.07) is 55.2. The highest BCUT2D eigenvalue weighted by molar-refractivity contribution is 5.93. The largest absolute Gasteiger partial charge is 0.456 e. The van der Waals surface area contributed by atoms with Gasteiger partial charge in [-0.3, -0.25) is 0 Å². The number of carbonyl (C=O) groups excluding carboxylic acids is 7. The van der Waals surface area contributed by atoms with Crippen molar-refractivity contribution in [2.24, 2.45) is 11.8 Å². The van der Waals surface area contributed by atoms with Gasteiger partial charge in [-0.05, 0) is 425 Å². The Morgan fingerprint density at radius 3 is 0.681 bits per heavy atom. The molecule has 0 spiro atoms. The van der Waals surface area contributed by atoms with Crippen LogP contribution in [-0.4, -0.2) is 81.0 Å². The van der Waals surface area contributed by atoms with Crippen LogP contribution in [0.2, 0.25) is 0 Å². The van der Waals surface area contributed by atoms with E-state index in [0.29, 0.717) is 92.2 Å². The lowest BCUT2D eigenvalue weighted by molar-refractivity contribution is -0.0402. The molecule has 6 fully saturated rings. The molecule has 778 valence electrons. The summed E-state index contributed by atoms with van der Waals surface area (Å²) in [5, 5.41) is 0. The Labute approximate surface area is 854 Å². The van der Waals surface area contributed by atoms with Crippen molar-refractivity contribution in [3.8, 4) is 0 Å². The average Bonchev–Trinajstić information content (AvgIpc) is 1.82. The van der Waals surface area contributed by atoms with Gasteiger partial charge in [-0.15, -0.1) is 0 Å². The Morgan fingerprint density at radius 2 is 0.454 bits per heavy atom. The molecule has 0 aliphatic heterocycles. The minimum atomic E-state index is -0.399. The van der Waals surface area contributed by atoms with Crippen LogP contribution in [0.1, 0.15) is 564 Å². The SMILES string of the molecule is CCC(C)c1cccc(C(=O)OC(C)(C)C2CCCC2)c1.CCC(C)c1cccc(C(=O)OC(C)(C)C2CCCCC2)c1.CCC(C)c1cccc(C(=O)OC(C)(C)CC)c1.CCC(C)c1cccc(C(=O)OC2(C)CCCC2)c1.CCC(C)c1cccc(C(=O)OC2(C)CCCCC2)c1.CCC(C)c1cccc(C(=O)OC2(CC)CCCC2)c1.CCC(C)c1cccc(C(=O)OC2(CC)CCCCC2)c1. The molecule has 14 heteroatoms. The number of carbonyl (C=O) groups is 7. The van der Waals surface area contributed by atoms with Gasteiger partial charge in [0.2, 0.25) is 0 Å². The van der Waals surface area contributed by atoms with E-state index in [2.05, 4.69) is 195 Å². The first-order chi connectivity index (χ1) is 67.0. The summed E-state index contributed by atoms with van der Waals surface area (Å²) in [7, 11) is 0. The van der Waals surface area contributed by atoms with Crippen LogP contribution in [0, 0.1) is 11.8 Å². The van der Waals surface area contributed by atoms with Gasteiger partial charge in [0.05, 0.1) is 38.9 Å². The second kappa shape index (κ2) is 58.1. The van der Waals surface area contributed by atoms with E-state index in [9.17, 15) is 33.6 Å². The van der Waals surface area contributed by atoms with Crippen molar-refractivity contribution in [2.75, 3.05) is 0 Å². The van der Waals surface area contributed by atoms with Crippen LogP contribution < -0.4 is 0 Å². The molecule has 7 aromatic carbocycles. The summed E-state index contributed by atoms with van der Waals surface area (Å²) in [6.07, 6.45) is 41.1. The van der Waals surface area contributed by atoms with E-state index in [-0.39, 0.29) is 75.4 Å². The second-order valence-corrected chi connectivity index (χ2v) is 44.4. The van der Waals surface area contributed by atoms with Crippen LogP contribution in [-0.2, 0) is 33.2 Å². The van der Waals surface area contributed by atoms with Crippen LogP contribution in [0.5, 0.6) is 0 Å². The van der Waals surface area contributed by atoms with Gasteiger partial charge in [-0.25, -0.2) is 33.6 Å². The van der Waals surface area contributed by atoms with Crippen LogP contribution in [0.25, 0.3) is 0 Å². The summed E-state index contributed by atoms with van der Waals surface area (Å²) in [6.45, 7) is 53.0. The molecule has 0 aromatic heterocycles. The van der Waals surface area contributed by atoms with E-state index in [0.717, 1.165) is 141 Å². The van der Waals surface area contributed by atoms with Gasteiger partial charge in [-0.1, -0.05) is 248 Å². The lowest BCUT2D eigenvalue weighted by Gasteiger charge is -2.36. The summed E-state index contributed by atoms with van der Waals surface area (Å²) in [5.74, 6) is 3.09. The Kier molecular flexibility index (Phi) is 48.9. The van der Waals surface area contributed by atoms with Gasteiger partial charge in [0, 0.05) is 0 Å². The molecular formula is C127H186O14. The summed E-state index contributed by atoms with van der Waals surface area (Å²) in [4.78, 5) is 86.6. The second-order valence-electron chi connectivity index (χ2n) is 44.4. The zero-order chi connectivity index (χ0) is 104. The number of benzene rings is 7. The van der Waals surface area contributed by atoms with Gasteiger partial charge in [0.25, 0.3) is 0 Å². The first kappa shape index (κ1) is 119. The number of rotatable bonds is 33. The number of ether oxygens (including phenoxy) is 7. The average molecular weight is 1940 g/mol. The molecule has 13 rings (SSSR count). The fourth-order valence-electron chi connectivity index (χ4n) is 20.0. The molecule has 6 aliphatic rings. The fourth-order valence-corrected chi connectivity index (χ4v) is 20.0. The van der Waals surface area contributed by atoms with E-state index in [1.807, 2.05) is 148 Å². The summed E-state index contributed by atoms with van der Waals surface area (Å²) in [5.41, 5.74) is 11.2. The molecule has 7 aromatic rings. The summed E-state index contributed by atoms with van der Waals surface area (Å²) >= 11 is 0. The Hall–Kier alpha value is -9.17. The van der Waals surface area contributed by atoms with Gasteiger partial charge >= 0.3 is 41.8 Å². The number of esters is 7. The predicted octanol–water partition coefficient (Wildman–Crippen LogP) is 35.9. The van der Waals surface area contributed by atoms with Gasteiger partial charge in [0.1, 0.15) is 39.2 Å². The standard InChI is InChI=1S/C20H30O2.2C19H28O2.2C18H26O2.C17H24O2.C16H24O2/c1-5-15(2)16-10-9-11-17(14-16)19(21)22-20(3,4)18-12-7-6-8-13-18;1-5-14(2)15-9-8-10-16(13-15)18(20)21-19(3,4)17-11-6-7-12-17;1-4-15(3)16-10-9-11-17(14-16)18(20)21-19(5-2)12-7-6-8-13-19;1-4-14(2)15-9-8-10-16(13-15)17(19)20-18(3)11-6-5-7-12-18;1-4-14(3)15-9-8-10-16(13-15)17(19)20-18(5-2)11-6-7-12-18;1-4-13(2)14-8-7-9-15(12-14)16(18)19-17(3)10-5-6-11-17;1-6-12(3)13-9-8-10-14(11-13)15(17)18-16(4,5)7-2/h9-11,14-15,18H,5-8,12-13H2,1-4H3;8-10,13-14,17H,5-7,11-12H2,1-4H3;9-11,14-15H,4-8,12-13H2,1-3H3;2*8-10,13-14H,4-7,11-12H2,1-3H3;7-9,12-13H,4-6,10-11H2,1-3H3;8-12H,6-7H2,1-5H3. The molecule has 6 aliphatic carbocycles. The molecule has 0 N–H and O–H groups in total. The lowest BCUT2D eigenvalue weighted by Crippen LogP contribution is -2.37. The highest BCUT2D eigenvalue weighted by Gasteiger charge is 2.41. The van der Waals surface area contributed by atoms with E-state index >= 15 is 0 Å². The maximum Gasteiger partial charge on any atom is 0.338 e. The molecule has 14 nitrogen and oxygen atoms in total. The molecule has 0 bridgehead atoms. The maximum absolute atomic E-state index is 12.5. The molecular weight excluding hydrogens is 1750 g/mol. The van der Waals surface area contributed by atoms with Gasteiger partial charge in [-0.2, -0.15) is 0 Å². The molecule has 0 heterocycles. The quantitative estimate of drug-likeness (QED) is 0.0279. The first-order valence-corrected chi connectivity index (χ1v) is 55.4. The molecule has 6 saturated carbocycles. The molecule has 7 atom stereocenters. The third-order valence-corrected chi connectivity index (χ3v) is 32.4. The molecule has 0 amide bonds. The van der Waals surface area contributed by atoms with E-state index in [4.69, 9.17) is 33.2 Å². The molecule has 141 heavy (non-hydrogen) atoms. The third kappa shape index (κ3) is 37.8. The van der Waals surface area contributed by atoms with Crippen molar-refractivity contribution >= 4 is 41.8 Å². The predicted molar refractivity (Wildman–Crippen MR) is 581 cm³/mol. The van der Waals surface area contributed by atoms with Crippen molar-refractivity contribution in [2.45, 2.75) is 491 Å². The van der Waals surface area contributed by atoms with Gasteiger partial charge < -0.3 is 33.2 Å². The van der Waals surface area contributed by atoms with Crippen molar-refractivity contribution < 1.29 is 66.7 Å². The topological polar surface area (TPSA) is 184 Å². The third-order valence-electron chi connectivity index (χ3n) is 32.4. The van der Waals surface area contributed by atoms with Gasteiger partial charge in [0.15, 0.2) is 0 Å². The summed E-state index contributed by atoms with van der Waals surface area (Å²) < 4.78 is 40.5. The van der Waals surface area contributed by atoms with Crippen LogP contribution in [0.4, 0.5) is 0 Å². The monoisotopic (exact) mass is 1940 g/mol. The maximum atomic E-state index is 12.5. The highest BCUT2D eigenvalue weighted by Crippen LogP contribution is 2.43. The normalized spacial score (nSPS) is 17.9. The van der Waals surface area contributed by atoms with Crippen LogP contribution in [0.3, 0.4) is 0 Å². The smallest absolute Gasteiger partial charge is 0.338 e. The van der Waals surface area contributed by atoms with E-state index in [1.54, 1.807) is 0 Å². The van der Waals surface area contributed by atoms with Crippen LogP contribution in [0.15, 0.2) is 170 Å². The van der Waals surface area contributed by atoms with Crippen LogP contribution >= 0.6 is 0 Å². The minimum Gasteiger partial charge on any atom is -0.456 e. The lowest BCUT2D eigenvalue weighted by atomic mass is 9.79. The van der Waals surface area contributed by atoms with E-state index in [1.165, 1.54) is 135 Å². The minimum absolute atomic E-state index is 0.149. The number of hydrogen-bond donors (Lipinski definition) is 0. The Bertz CT molecular complexity index is 4950.